The molecule has 3 N–H and O–H groups in total. The van der Waals surface area contributed by atoms with Crippen LogP contribution in [-0.2, 0) is 4.79 Å². The van der Waals surface area contributed by atoms with Gasteiger partial charge in [-0.25, -0.2) is 0 Å². The van der Waals surface area contributed by atoms with Crippen molar-refractivity contribution in [3.63, 3.8) is 0 Å². The first-order valence-corrected chi connectivity index (χ1v) is 12.8. The van der Waals surface area contributed by atoms with E-state index < -0.39 is 14.5 Å². The smallest absolute Gasteiger partial charge is 0.254 e. The van der Waals surface area contributed by atoms with E-state index in [1.807, 2.05) is 50.0 Å². The number of nitrogens with one attached hydrogen (secondary N) is 2. The first kappa shape index (κ1) is 22.8. The number of allylic oxidation sites excluding steroid dienone is 5. The molecule has 2 atom stereocenters. The minimum absolute atomic E-state index is 0.0328. The van der Waals surface area contributed by atoms with Gasteiger partial charge < -0.3 is 25.2 Å². The van der Waals surface area contributed by atoms with Gasteiger partial charge in [-0.15, -0.1) is 0 Å². The van der Waals surface area contributed by atoms with E-state index in [4.69, 9.17) is 10.1 Å². The lowest BCUT2D eigenvalue weighted by Gasteiger charge is -2.43. The Hall–Kier alpha value is -2.90. The fourth-order valence-corrected chi connectivity index (χ4v) is 5.06. The number of hydrogen-bond acceptors (Lipinski definition) is 5. The number of likely N-dealkylation sites (N-methyl/N-ethyl adjacent to an activating group) is 1. The zero-order valence-corrected chi connectivity index (χ0v) is 20.0. The summed E-state index contributed by atoms with van der Waals surface area (Å²) in [5.41, 5.74) is 3.76. The van der Waals surface area contributed by atoms with Crippen LogP contribution in [0.2, 0.25) is 6.55 Å². The Morgan fingerprint density at radius 1 is 1.39 bits per heavy atom. The molecular formula is C24H31N3O3Si. The third-order valence-electron chi connectivity index (χ3n) is 5.96. The van der Waals surface area contributed by atoms with Crippen LogP contribution in [0, 0.1) is 10.8 Å². The van der Waals surface area contributed by atoms with E-state index in [0.29, 0.717) is 18.6 Å². The lowest BCUT2D eigenvalue weighted by Crippen LogP contribution is -2.40. The highest BCUT2D eigenvalue weighted by Crippen LogP contribution is 2.53. The quantitative estimate of drug-likeness (QED) is 0.452. The van der Waals surface area contributed by atoms with E-state index in [2.05, 4.69) is 12.2 Å². The lowest BCUT2D eigenvalue weighted by atomic mass is 9.64. The molecule has 1 aromatic rings. The Balaban J connectivity index is 2.21. The van der Waals surface area contributed by atoms with Gasteiger partial charge in [0.2, 0.25) is 9.04 Å². The zero-order chi connectivity index (χ0) is 22.8. The maximum absolute atomic E-state index is 13.0. The predicted molar refractivity (Wildman–Crippen MR) is 128 cm³/mol. The summed E-state index contributed by atoms with van der Waals surface area (Å²) in [7, 11) is 1.55. The molecule has 0 spiro atoms. The summed E-state index contributed by atoms with van der Waals surface area (Å²) in [4.78, 5) is 25.0. The normalized spacial score (nSPS) is 22.1. The summed E-state index contributed by atoms with van der Waals surface area (Å²) >= 11 is 0. The fourth-order valence-electron chi connectivity index (χ4n) is 4.28. The highest BCUT2D eigenvalue weighted by Gasteiger charge is 2.45. The minimum atomic E-state index is -2.02. The first-order valence-electron chi connectivity index (χ1n) is 10.5. The monoisotopic (exact) mass is 437 g/mol. The van der Waals surface area contributed by atoms with Crippen LogP contribution in [0.25, 0.3) is 5.57 Å². The van der Waals surface area contributed by atoms with E-state index >= 15 is 0 Å². The molecule has 2 unspecified atom stereocenters. The van der Waals surface area contributed by atoms with Crippen LogP contribution >= 0.6 is 0 Å². The van der Waals surface area contributed by atoms with Crippen LogP contribution in [0.1, 0.15) is 25.8 Å². The summed E-state index contributed by atoms with van der Waals surface area (Å²) in [5.74, 6) is 0.708. The second-order valence-electron chi connectivity index (χ2n) is 8.14. The molecule has 0 aromatic heterocycles. The maximum Gasteiger partial charge on any atom is 0.254 e. The van der Waals surface area contributed by atoms with Gasteiger partial charge in [-0.05, 0) is 48.4 Å². The van der Waals surface area contributed by atoms with Crippen LogP contribution in [0.5, 0.6) is 5.75 Å². The van der Waals surface area contributed by atoms with Crippen molar-refractivity contribution in [3.05, 3.63) is 65.0 Å². The summed E-state index contributed by atoms with van der Waals surface area (Å²) in [6, 6.07) is 5.86. The van der Waals surface area contributed by atoms with Crippen molar-refractivity contribution in [2.24, 2.45) is 5.41 Å². The molecule has 6 nitrogen and oxygen atoms in total. The number of amides is 1. The summed E-state index contributed by atoms with van der Waals surface area (Å²) in [6.45, 7) is 6.41. The van der Waals surface area contributed by atoms with Gasteiger partial charge in [0.15, 0.2) is 0 Å². The molecular weight excluding hydrogens is 406 g/mol. The van der Waals surface area contributed by atoms with Crippen LogP contribution in [0.3, 0.4) is 0 Å². The van der Waals surface area contributed by atoms with E-state index in [0.717, 1.165) is 33.2 Å². The Labute approximate surface area is 185 Å². The van der Waals surface area contributed by atoms with E-state index in [1.165, 1.54) is 6.21 Å². The number of benzene rings is 1. The molecule has 0 bridgehead atoms. The van der Waals surface area contributed by atoms with Gasteiger partial charge in [-0.3, -0.25) is 4.79 Å². The summed E-state index contributed by atoms with van der Waals surface area (Å²) in [5, 5.41) is 11.7. The Bertz CT molecular complexity index is 1020. The van der Waals surface area contributed by atoms with Crippen molar-refractivity contribution in [3.8, 4) is 5.75 Å². The van der Waals surface area contributed by atoms with Gasteiger partial charge in [-0.1, -0.05) is 25.1 Å². The van der Waals surface area contributed by atoms with Crippen LogP contribution in [0.15, 0.2) is 59.5 Å². The van der Waals surface area contributed by atoms with Crippen molar-refractivity contribution in [1.82, 2.24) is 10.2 Å². The molecule has 7 heteroatoms. The number of carbonyl (C=O) groups is 1. The standard InChI is InChI=1S/C24H31N3O3Si/c1-6-30-22-10-8-18(31(5)29)11-19(22)21-15-27(4)23(28)20-9-7-16(12-24(20,21)2)17(13-25)14-26-3/h7-11,13-15,25-26,29,31H,6,12H2,1-5H3/b17-14+,25-13?. The summed E-state index contributed by atoms with van der Waals surface area (Å²) < 4.78 is 5.94. The fraction of sp³-hybridized carbons (Fsp3) is 0.333. The predicted octanol–water partition coefficient (Wildman–Crippen LogP) is 2.47. The highest BCUT2D eigenvalue weighted by molar-refractivity contribution is 6.64. The molecule has 3 rings (SSSR count). The summed E-state index contributed by atoms with van der Waals surface area (Å²) in [6.07, 6.45) is 9.41. The second kappa shape index (κ2) is 9.07. The first-order chi connectivity index (χ1) is 14.8. The maximum atomic E-state index is 13.0. The number of carbonyl (C=O) groups excluding carboxylic acids is 1. The molecule has 0 fully saturated rings. The Morgan fingerprint density at radius 3 is 2.74 bits per heavy atom. The van der Waals surface area contributed by atoms with Crippen LogP contribution < -0.4 is 15.2 Å². The number of rotatable bonds is 7. The van der Waals surface area contributed by atoms with Gasteiger partial charge >= 0.3 is 0 Å². The van der Waals surface area contributed by atoms with Crippen molar-refractivity contribution >= 4 is 31.9 Å². The number of hydrogen-bond donors (Lipinski definition) is 3. The lowest BCUT2D eigenvalue weighted by molar-refractivity contribution is -0.125. The Morgan fingerprint density at radius 2 is 2.13 bits per heavy atom. The van der Waals surface area contributed by atoms with Crippen LogP contribution in [-0.4, -0.2) is 51.6 Å². The third-order valence-corrected chi connectivity index (χ3v) is 7.28. The molecule has 164 valence electrons. The second-order valence-corrected chi connectivity index (χ2v) is 10.2. The third kappa shape index (κ3) is 4.15. The molecule has 1 aliphatic carbocycles. The molecule has 0 radical (unpaired) electrons. The van der Waals surface area contributed by atoms with Gasteiger partial charge in [0, 0.05) is 54.8 Å². The van der Waals surface area contributed by atoms with Crippen molar-refractivity contribution in [1.29, 1.82) is 5.41 Å². The van der Waals surface area contributed by atoms with Gasteiger partial charge in [0.1, 0.15) is 5.75 Å². The SMILES string of the molecule is CCOc1ccc([SiH](C)O)cc1C1=CN(C)C(=O)C2=CC=C(/C(C=N)=C/NC)CC21C. The number of ether oxygens (including phenoxy) is 1. The largest absolute Gasteiger partial charge is 0.493 e. The van der Waals surface area contributed by atoms with Crippen molar-refractivity contribution in [2.45, 2.75) is 26.8 Å². The van der Waals surface area contributed by atoms with Gasteiger partial charge in [-0.2, -0.15) is 0 Å². The van der Waals surface area contributed by atoms with Crippen molar-refractivity contribution in [2.75, 3.05) is 20.7 Å². The highest BCUT2D eigenvalue weighted by atomic mass is 28.3. The number of fused-ring (bicyclic) bond motifs is 1. The minimum Gasteiger partial charge on any atom is -0.493 e. The molecule has 1 aliphatic heterocycles. The molecule has 1 amide bonds. The van der Waals surface area contributed by atoms with Gasteiger partial charge in [0.25, 0.3) is 5.91 Å². The average Bonchev–Trinajstić information content (AvgIpc) is 2.74. The van der Waals surface area contributed by atoms with Crippen LogP contribution in [0.4, 0.5) is 0 Å². The van der Waals surface area contributed by atoms with E-state index in [9.17, 15) is 9.59 Å². The molecule has 0 saturated heterocycles. The molecule has 2 aliphatic rings. The van der Waals surface area contributed by atoms with E-state index in [-0.39, 0.29) is 5.91 Å². The molecule has 1 heterocycles. The zero-order valence-electron chi connectivity index (χ0n) is 18.8. The van der Waals surface area contributed by atoms with Crippen molar-refractivity contribution < 1.29 is 14.3 Å². The molecule has 0 saturated carbocycles. The number of nitrogens with zero attached hydrogens (tertiary/aromatic N) is 1. The average molecular weight is 438 g/mol. The van der Waals surface area contributed by atoms with Gasteiger partial charge in [0.05, 0.1) is 6.61 Å². The molecule has 31 heavy (non-hydrogen) atoms. The van der Waals surface area contributed by atoms with E-state index in [1.54, 1.807) is 25.2 Å². The molecule has 1 aromatic carbocycles. The Kier molecular flexibility index (Phi) is 6.67. The topological polar surface area (TPSA) is 85.7 Å².